The van der Waals surface area contributed by atoms with Gasteiger partial charge in [0.15, 0.2) is 5.82 Å². The van der Waals surface area contributed by atoms with Gasteiger partial charge in [-0.15, -0.1) is 0 Å². The first kappa shape index (κ1) is 27.5. The van der Waals surface area contributed by atoms with E-state index < -0.39 is 17.6 Å². The van der Waals surface area contributed by atoms with E-state index >= 15 is 0 Å². The molecular formula is C28H31F3N6O3. The predicted molar refractivity (Wildman–Crippen MR) is 146 cm³/mol. The zero-order chi connectivity index (χ0) is 28.4. The number of anilines is 3. The predicted octanol–water partition coefficient (Wildman–Crippen LogP) is 5.18. The number of likely N-dealkylation sites (N-methyl/N-ethyl adjacent to an activating group) is 1. The van der Waals surface area contributed by atoms with Crippen LogP contribution >= 0.6 is 0 Å². The van der Waals surface area contributed by atoms with E-state index in [2.05, 4.69) is 25.5 Å². The number of halogens is 3. The second-order valence-corrected chi connectivity index (χ2v) is 10.0. The van der Waals surface area contributed by atoms with Crippen LogP contribution in [-0.2, 0) is 6.18 Å². The summed E-state index contributed by atoms with van der Waals surface area (Å²) >= 11 is 0. The van der Waals surface area contributed by atoms with Crippen molar-refractivity contribution in [2.45, 2.75) is 32.5 Å². The Hall–Kier alpha value is -4.06. The molecule has 0 bridgehead atoms. The van der Waals surface area contributed by atoms with Gasteiger partial charge in [0.05, 0.1) is 11.6 Å². The Morgan fingerprint density at radius 2 is 1.93 bits per heavy atom. The number of hydrogen-bond donors (Lipinski definition) is 2. The van der Waals surface area contributed by atoms with E-state index in [1.54, 1.807) is 18.2 Å². The van der Waals surface area contributed by atoms with E-state index in [9.17, 15) is 18.0 Å². The number of aryl methyl sites for hydroxylation is 1. The summed E-state index contributed by atoms with van der Waals surface area (Å²) in [6, 6.07) is 8.59. The normalized spacial score (nSPS) is 17.4. The maximum absolute atomic E-state index is 13.7. The molecule has 3 heterocycles. The second kappa shape index (κ2) is 11.2. The molecule has 0 spiro atoms. The average Bonchev–Trinajstić information content (AvgIpc) is 2.93. The highest BCUT2D eigenvalue weighted by Crippen LogP contribution is 2.39. The number of carbonyl (C=O) groups excluding carboxylic acids is 1. The van der Waals surface area contributed by atoms with Crippen LogP contribution < -0.4 is 25.0 Å². The van der Waals surface area contributed by atoms with Gasteiger partial charge in [0.2, 0.25) is 5.75 Å². The summed E-state index contributed by atoms with van der Waals surface area (Å²) in [7, 11) is 1.97. The number of aromatic nitrogens is 2. The third kappa shape index (κ3) is 6.06. The summed E-state index contributed by atoms with van der Waals surface area (Å²) in [5.41, 5.74) is 0.604. The number of rotatable bonds is 6. The Labute approximate surface area is 230 Å². The molecule has 212 valence electrons. The molecule has 2 N–H and O–H groups in total. The number of nitrogens with one attached hydrogen (secondary N) is 2. The van der Waals surface area contributed by atoms with Crippen molar-refractivity contribution in [2.24, 2.45) is 0 Å². The first-order valence-electron chi connectivity index (χ1n) is 13.1. The van der Waals surface area contributed by atoms with Crippen LogP contribution in [-0.4, -0.2) is 66.7 Å². The average molecular weight is 557 g/mol. The zero-order valence-corrected chi connectivity index (χ0v) is 22.5. The largest absolute Gasteiger partial charge is 0.483 e. The summed E-state index contributed by atoms with van der Waals surface area (Å²) in [5, 5.41) is 5.92. The molecule has 0 radical (unpaired) electrons. The topological polar surface area (TPSA) is 91.8 Å². The van der Waals surface area contributed by atoms with Gasteiger partial charge in [0.25, 0.3) is 11.8 Å². The Morgan fingerprint density at radius 3 is 2.65 bits per heavy atom. The van der Waals surface area contributed by atoms with E-state index in [1.165, 1.54) is 12.4 Å². The van der Waals surface area contributed by atoms with Crippen molar-refractivity contribution in [1.82, 2.24) is 14.9 Å². The molecule has 1 aromatic heterocycles. The number of ether oxygens (including phenoxy) is 2. The van der Waals surface area contributed by atoms with E-state index in [1.807, 2.05) is 25.8 Å². The molecule has 1 amide bonds. The summed E-state index contributed by atoms with van der Waals surface area (Å²) < 4.78 is 53.0. The van der Waals surface area contributed by atoms with Gasteiger partial charge in [-0.1, -0.05) is 13.0 Å². The van der Waals surface area contributed by atoms with Crippen molar-refractivity contribution in [1.29, 1.82) is 0 Å². The van der Waals surface area contributed by atoms with Crippen LogP contribution in [0.3, 0.4) is 0 Å². The SMILES string of the molecule is CCC1COc2c(ncnc2Oc2cc(C(=O)Nc3cc(N4CCN(C)CC4)cc(C(F)(F)F)c3)ccc2C)N1. The molecule has 2 aliphatic rings. The molecule has 5 rings (SSSR count). The molecule has 1 atom stereocenters. The third-order valence-electron chi connectivity index (χ3n) is 7.06. The van der Waals surface area contributed by atoms with Gasteiger partial charge in [-0.05, 0) is 56.3 Å². The van der Waals surface area contributed by atoms with Gasteiger partial charge in [0.1, 0.15) is 18.7 Å². The molecule has 40 heavy (non-hydrogen) atoms. The highest BCUT2D eigenvalue weighted by Gasteiger charge is 2.32. The van der Waals surface area contributed by atoms with Gasteiger partial charge in [-0.2, -0.15) is 18.2 Å². The summed E-state index contributed by atoms with van der Waals surface area (Å²) in [6.45, 7) is 6.94. The van der Waals surface area contributed by atoms with Gasteiger partial charge >= 0.3 is 6.18 Å². The lowest BCUT2D eigenvalue weighted by Crippen LogP contribution is -2.44. The first-order chi connectivity index (χ1) is 19.1. The molecular weight excluding hydrogens is 525 g/mol. The fourth-order valence-corrected chi connectivity index (χ4v) is 4.55. The first-order valence-corrected chi connectivity index (χ1v) is 13.1. The molecule has 9 nitrogen and oxygen atoms in total. The van der Waals surface area contributed by atoms with Crippen molar-refractivity contribution in [3.8, 4) is 17.4 Å². The number of carbonyl (C=O) groups is 1. The number of alkyl halides is 3. The number of amides is 1. The monoisotopic (exact) mass is 556 g/mol. The molecule has 12 heteroatoms. The molecule has 2 aromatic carbocycles. The standard InChI is InChI=1S/C28H31F3N6O3/c1-4-20-15-39-24-25(34-20)32-16-33-27(24)40-23-11-18(6-5-17(23)2)26(38)35-21-12-19(28(29,30)31)13-22(14-21)37-9-7-36(3)8-10-37/h5-6,11-14,16,20H,4,7-10,15H2,1-3H3,(H,35,38)(H,32,33,34). The van der Waals surface area contributed by atoms with E-state index in [0.717, 1.165) is 37.2 Å². The van der Waals surface area contributed by atoms with Crippen molar-refractivity contribution in [2.75, 3.05) is 55.4 Å². The number of piperazine rings is 1. The fraction of sp³-hybridized carbons (Fsp3) is 0.393. The summed E-state index contributed by atoms with van der Waals surface area (Å²) in [6.07, 6.45) is -2.34. The second-order valence-electron chi connectivity index (χ2n) is 10.0. The molecule has 1 unspecified atom stereocenters. The number of benzene rings is 2. The third-order valence-corrected chi connectivity index (χ3v) is 7.06. The van der Waals surface area contributed by atoms with Crippen LogP contribution in [0.15, 0.2) is 42.7 Å². The summed E-state index contributed by atoms with van der Waals surface area (Å²) in [5.74, 6) is 0.887. The summed E-state index contributed by atoms with van der Waals surface area (Å²) in [4.78, 5) is 25.6. The molecule has 1 fully saturated rings. The maximum Gasteiger partial charge on any atom is 0.416 e. The number of nitrogens with zero attached hydrogens (tertiary/aromatic N) is 4. The highest BCUT2D eigenvalue weighted by molar-refractivity contribution is 6.05. The van der Waals surface area contributed by atoms with Crippen LogP contribution in [0.25, 0.3) is 0 Å². The van der Waals surface area contributed by atoms with Crippen LogP contribution in [0.2, 0.25) is 0 Å². The lowest BCUT2D eigenvalue weighted by molar-refractivity contribution is -0.137. The van der Waals surface area contributed by atoms with E-state index in [4.69, 9.17) is 9.47 Å². The smallest absolute Gasteiger partial charge is 0.416 e. The number of hydrogen-bond acceptors (Lipinski definition) is 8. The van der Waals surface area contributed by atoms with Crippen LogP contribution in [0.1, 0.15) is 34.8 Å². The minimum atomic E-state index is -4.56. The van der Waals surface area contributed by atoms with Crippen LogP contribution in [0, 0.1) is 6.92 Å². The molecule has 2 aliphatic heterocycles. The van der Waals surface area contributed by atoms with E-state index in [-0.39, 0.29) is 23.2 Å². The molecule has 1 saturated heterocycles. The quantitative estimate of drug-likeness (QED) is 0.429. The van der Waals surface area contributed by atoms with Gasteiger partial charge in [-0.3, -0.25) is 4.79 Å². The van der Waals surface area contributed by atoms with Crippen molar-refractivity contribution >= 4 is 23.1 Å². The van der Waals surface area contributed by atoms with Crippen molar-refractivity contribution in [3.05, 3.63) is 59.4 Å². The van der Waals surface area contributed by atoms with Gasteiger partial charge in [0, 0.05) is 43.1 Å². The Kier molecular flexibility index (Phi) is 7.70. The minimum absolute atomic E-state index is 0.0617. The lowest BCUT2D eigenvalue weighted by Gasteiger charge is -2.34. The van der Waals surface area contributed by atoms with Crippen molar-refractivity contribution < 1.29 is 27.4 Å². The van der Waals surface area contributed by atoms with Crippen LogP contribution in [0.4, 0.5) is 30.4 Å². The Balaban J connectivity index is 1.38. The maximum atomic E-state index is 13.7. The zero-order valence-electron chi connectivity index (χ0n) is 22.5. The number of fused-ring (bicyclic) bond motifs is 1. The Morgan fingerprint density at radius 1 is 1.15 bits per heavy atom. The van der Waals surface area contributed by atoms with Crippen LogP contribution in [0.5, 0.6) is 17.4 Å². The van der Waals surface area contributed by atoms with E-state index in [0.29, 0.717) is 42.7 Å². The highest BCUT2D eigenvalue weighted by atomic mass is 19.4. The van der Waals surface area contributed by atoms with Gasteiger partial charge < -0.3 is 29.9 Å². The Bertz CT molecular complexity index is 1390. The lowest BCUT2D eigenvalue weighted by atomic mass is 10.1. The molecule has 3 aromatic rings. The minimum Gasteiger partial charge on any atom is -0.483 e. The molecule has 0 aliphatic carbocycles. The van der Waals surface area contributed by atoms with Gasteiger partial charge in [-0.25, -0.2) is 4.98 Å². The van der Waals surface area contributed by atoms with Crippen molar-refractivity contribution in [3.63, 3.8) is 0 Å². The fourth-order valence-electron chi connectivity index (χ4n) is 4.55. The molecule has 0 saturated carbocycles.